The van der Waals surface area contributed by atoms with Crippen molar-refractivity contribution in [2.45, 2.75) is 70.4 Å². The molecule has 8 heteroatoms. The van der Waals surface area contributed by atoms with Gasteiger partial charge in [0.05, 0.1) is 6.04 Å². The van der Waals surface area contributed by atoms with Crippen LogP contribution in [0, 0.1) is 5.92 Å². The number of aldehydes is 1. The zero-order valence-corrected chi connectivity index (χ0v) is 22.7. The van der Waals surface area contributed by atoms with E-state index in [0.717, 1.165) is 41.8 Å². The molecule has 1 saturated carbocycles. The summed E-state index contributed by atoms with van der Waals surface area (Å²) in [4.78, 5) is 36.9. The van der Waals surface area contributed by atoms with Crippen molar-refractivity contribution in [1.82, 2.24) is 10.2 Å². The van der Waals surface area contributed by atoms with Gasteiger partial charge in [-0.1, -0.05) is 26.2 Å². The number of urea groups is 1. The smallest absolute Gasteiger partial charge is 0.319 e. The van der Waals surface area contributed by atoms with E-state index in [9.17, 15) is 14.4 Å². The van der Waals surface area contributed by atoms with Crippen molar-refractivity contribution in [2.24, 2.45) is 5.92 Å². The molecule has 2 aliphatic rings. The van der Waals surface area contributed by atoms with Gasteiger partial charge in [-0.2, -0.15) is 0 Å². The molecule has 1 fully saturated rings. The largest absolute Gasteiger partial charge is 0.487 e. The van der Waals surface area contributed by atoms with Gasteiger partial charge in [0, 0.05) is 55.0 Å². The first kappa shape index (κ1) is 27.5. The molecule has 1 aliphatic carbocycles. The van der Waals surface area contributed by atoms with Crippen molar-refractivity contribution < 1.29 is 19.1 Å². The maximum atomic E-state index is 12.7. The number of anilines is 2. The molecule has 2 aromatic rings. The second-order valence-corrected chi connectivity index (χ2v) is 10.4. The third kappa shape index (κ3) is 6.47. The van der Waals surface area contributed by atoms with Crippen LogP contribution in [0.15, 0.2) is 42.5 Å². The summed E-state index contributed by atoms with van der Waals surface area (Å²) in [6, 6.07) is 13.3. The maximum Gasteiger partial charge on any atom is 0.319 e. The van der Waals surface area contributed by atoms with Crippen LogP contribution in [0.1, 0.15) is 74.2 Å². The molecule has 2 aromatic carbocycles. The summed E-state index contributed by atoms with van der Waals surface area (Å²) in [5, 5.41) is 9.44. The monoisotopic (exact) mass is 520 g/mol. The highest BCUT2D eigenvalue weighted by Crippen LogP contribution is 2.44. The lowest BCUT2D eigenvalue weighted by molar-refractivity contribution is -0.108. The Balaban J connectivity index is 1.51. The van der Waals surface area contributed by atoms with Gasteiger partial charge in [-0.3, -0.25) is 4.79 Å². The quantitative estimate of drug-likeness (QED) is 0.364. The van der Waals surface area contributed by atoms with Gasteiger partial charge in [-0.15, -0.1) is 0 Å². The van der Waals surface area contributed by atoms with E-state index in [2.05, 4.69) is 22.9 Å². The molecule has 38 heavy (non-hydrogen) atoms. The van der Waals surface area contributed by atoms with Crippen LogP contribution in [0.5, 0.6) is 5.75 Å². The summed E-state index contributed by atoms with van der Waals surface area (Å²) in [5.74, 6) is 1.40. The number of benzene rings is 2. The fraction of sp³-hybridized carbons (Fsp3) is 0.500. The lowest BCUT2D eigenvalue weighted by Gasteiger charge is -2.36. The van der Waals surface area contributed by atoms with Crippen LogP contribution in [-0.2, 0) is 4.79 Å². The van der Waals surface area contributed by atoms with Gasteiger partial charge in [-0.05, 0) is 68.1 Å². The van der Waals surface area contributed by atoms with Crippen molar-refractivity contribution in [3.05, 3.63) is 53.6 Å². The molecule has 3 unspecified atom stereocenters. The summed E-state index contributed by atoms with van der Waals surface area (Å²) < 4.78 is 6.57. The van der Waals surface area contributed by atoms with Crippen LogP contribution in [0.2, 0.25) is 0 Å². The number of hydrogen-bond acceptors (Lipinski definition) is 5. The number of rotatable bonds is 10. The zero-order chi connectivity index (χ0) is 27.1. The highest BCUT2D eigenvalue weighted by molar-refractivity contribution is 5.94. The van der Waals surface area contributed by atoms with Gasteiger partial charge in [-0.25, -0.2) is 4.79 Å². The summed E-state index contributed by atoms with van der Waals surface area (Å²) in [6.07, 6.45) is 7.13. The normalized spacial score (nSPS) is 19.6. The molecule has 0 aromatic heterocycles. The van der Waals surface area contributed by atoms with E-state index in [4.69, 9.17) is 4.74 Å². The molecule has 8 nitrogen and oxygen atoms in total. The minimum Gasteiger partial charge on any atom is -0.487 e. The predicted octanol–water partition coefficient (Wildman–Crippen LogP) is 5.41. The Bertz CT molecular complexity index is 1110. The van der Waals surface area contributed by atoms with E-state index in [1.807, 2.05) is 49.4 Å². The van der Waals surface area contributed by atoms with E-state index >= 15 is 0 Å². The predicted molar refractivity (Wildman–Crippen MR) is 150 cm³/mol. The van der Waals surface area contributed by atoms with Crippen molar-refractivity contribution in [2.75, 3.05) is 30.8 Å². The van der Waals surface area contributed by atoms with Crippen molar-refractivity contribution in [3.63, 3.8) is 0 Å². The molecule has 0 bridgehead atoms. The van der Waals surface area contributed by atoms with Gasteiger partial charge in [0.25, 0.3) is 5.91 Å². The van der Waals surface area contributed by atoms with Crippen LogP contribution >= 0.6 is 0 Å². The minimum atomic E-state index is -0.214. The number of nitrogens with zero attached hydrogens (tertiary/aromatic N) is 1. The first-order valence-corrected chi connectivity index (χ1v) is 13.8. The third-order valence-corrected chi connectivity index (χ3v) is 7.76. The van der Waals surface area contributed by atoms with Crippen molar-refractivity contribution in [3.8, 4) is 5.75 Å². The topological polar surface area (TPSA) is 99.8 Å². The lowest BCUT2D eigenvalue weighted by Crippen LogP contribution is -2.44. The third-order valence-electron chi connectivity index (χ3n) is 7.76. The molecule has 0 radical (unpaired) electrons. The second kappa shape index (κ2) is 12.8. The fourth-order valence-electron chi connectivity index (χ4n) is 5.67. The molecule has 0 spiro atoms. The Hall–Kier alpha value is -3.55. The molecular weight excluding hydrogens is 480 g/mol. The van der Waals surface area contributed by atoms with E-state index in [0.29, 0.717) is 31.0 Å². The number of fused-ring (bicyclic) bond motifs is 1. The molecule has 204 valence electrons. The summed E-state index contributed by atoms with van der Waals surface area (Å²) in [7, 11) is 1.71. The Morgan fingerprint density at radius 1 is 1.08 bits per heavy atom. The van der Waals surface area contributed by atoms with Gasteiger partial charge in [0.1, 0.15) is 18.1 Å². The SMILES string of the molecule is CCNC(=O)Nc1ccc2c(c1)C(C)C(C(Nc1ccc(C(=O)N(C)CCC=O)cc1)C1CCCCC1)O2. The number of ether oxygens (including phenoxy) is 1. The Kier molecular flexibility index (Phi) is 9.26. The van der Waals surface area contributed by atoms with Crippen LogP contribution in [0.4, 0.5) is 16.2 Å². The number of amides is 3. The number of nitrogens with one attached hydrogen (secondary N) is 3. The molecule has 1 aliphatic heterocycles. The van der Waals surface area contributed by atoms with Crippen LogP contribution in [0.25, 0.3) is 0 Å². The van der Waals surface area contributed by atoms with E-state index in [-0.39, 0.29) is 30.0 Å². The van der Waals surface area contributed by atoms with Gasteiger partial charge >= 0.3 is 6.03 Å². The molecule has 1 heterocycles. The molecular formula is C30H40N4O4. The average Bonchev–Trinajstić information content (AvgIpc) is 3.26. The summed E-state index contributed by atoms with van der Waals surface area (Å²) in [6.45, 7) is 5.06. The maximum absolute atomic E-state index is 12.7. The van der Waals surface area contributed by atoms with E-state index in [1.165, 1.54) is 19.3 Å². The van der Waals surface area contributed by atoms with Crippen LogP contribution in [-0.4, -0.2) is 55.4 Å². The number of carbonyl (C=O) groups excluding carboxylic acids is 3. The molecule has 3 N–H and O–H groups in total. The summed E-state index contributed by atoms with van der Waals surface area (Å²) >= 11 is 0. The lowest BCUT2D eigenvalue weighted by atomic mass is 9.78. The van der Waals surface area contributed by atoms with E-state index < -0.39 is 0 Å². The Labute approximate surface area is 225 Å². The van der Waals surface area contributed by atoms with Crippen molar-refractivity contribution >= 4 is 29.6 Å². The first-order valence-electron chi connectivity index (χ1n) is 13.8. The van der Waals surface area contributed by atoms with E-state index in [1.54, 1.807) is 11.9 Å². The molecule has 4 rings (SSSR count). The summed E-state index contributed by atoms with van der Waals surface area (Å²) in [5.41, 5.74) is 3.42. The standard InChI is InChI=1S/C30H40N4O4/c1-4-31-30(37)33-24-15-16-26-25(19-24)20(2)28(38-26)27(21-9-6-5-7-10-21)32-23-13-11-22(12-14-23)29(36)34(3)17-8-18-35/h11-16,18-21,27-28,32H,4-10,17H2,1-3H3,(H2,31,33,37). The molecule has 0 saturated heterocycles. The first-order chi connectivity index (χ1) is 18.4. The minimum absolute atomic E-state index is 0.0522. The van der Waals surface area contributed by atoms with Gasteiger partial charge in [0.2, 0.25) is 0 Å². The van der Waals surface area contributed by atoms with Crippen LogP contribution < -0.4 is 20.7 Å². The van der Waals surface area contributed by atoms with Crippen LogP contribution in [0.3, 0.4) is 0 Å². The Morgan fingerprint density at radius 3 is 2.47 bits per heavy atom. The zero-order valence-electron chi connectivity index (χ0n) is 22.7. The highest BCUT2D eigenvalue weighted by Gasteiger charge is 2.41. The van der Waals surface area contributed by atoms with Gasteiger partial charge in [0.15, 0.2) is 0 Å². The number of carbonyl (C=O) groups is 3. The second-order valence-electron chi connectivity index (χ2n) is 10.4. The molecule has 3 atom stereocenters. The number of hydrogen-bond donors (Lipinski definition) is 3. The average molecular weight is 521 g/mol. The Morgan fingerprint density at radius 2 is 1.79 bits per heavy atom. The van der Waals surface area contributed by atoms with Gasteiger partial charge < -0.3 is 30.4 Å². The van der Waals surface area contributed by atoms with Crippen molar-refractivity contribution in [1.29, 1.82) is 0 Å². The molecule has 3 amide bonds. The fourth-order valence-corrected chi connectivity index (χ4v) is 5.67. The highest BCUT2D eigenvalue weighted by atomic mass is 16.5.